The zero-order valence-electron chi connectivity index (χ0n) is 8.43. The normalized spacial score (nSPS) is 9.50. The number of aromatic carboxylic acids is 1. The number of nitrogens with two attached hydrogens (primary N) is 1. The summed E-state index contributed by atoms with van der Waals surface area (Å²) in [6.07, 6.45) is 2.74. The Kier molecular flexibility index (Phi) is 4.07. The van der Waals surface area contributed by atoms with Crippen molar-refractivity contribution in [3.63, 3.8) is 0 Å². The van der Waals surface area contributed by atoms with E-state index in [1.54, 1.807) is 6.07 Å². The molecule has 0 fully saturated rings. The fourth-order valence-electron chi connectivity index (χ4n) is 1.10. The number of aromatic nitrogens is 1. The molecule has 0 radical (unpaired) electrons. The third-order valence-electron chi connectivity index (χ3n) is 1.79. The number of primary amides is 1. The lowest BCUT2D eigenvalue weighted by molar-refractivity contribution is 0.0697. The van der Waals surface area contributed by atoms with Crippen LogP contribution in [0, 0.1) is 0 Å². The summed E-state index contributed by atoms with van der Waals surface area (Å²) >= 11 is 0. The predicted octanol–water partition coefficient (Wildman–Crippen LogP) is -0.140. The van der Waals surface area contributed by atoms with Crippen molar-refractivity contribution in [2.24, 2.45) is 5.73 Å². The number of pyridine rings is 1. The van der Waals surface area contributed by atoms with Gasteiger partial charge >= 0.3 is 12.0 Å². The zero-order chi connectivity index (χ0) is 12.0. The summed E-state index contributed by atoms with van der Waals surface area (Å²) in [4.78, 5) is 24.9. The number of amides is 2. The van der Waals surface area contributed by atoms with Crippen LogP contribution in [-0.4, -0.2) is 35.2 Å². The van der Waals surface area contributed by atoms with Gasteiger partial charge in [0.25, 0.3) is 0 Å². The van der Waals surface area contributed by atoms with Gasteiger partial charge in [0.05, 0.1) is 5.69 Å². The molecule has 0 saturated heterocycles. The number of nitrogens with one attached hydrogen (secondary N) is 2. The number of carbonyl (C=O) groups excluding carboxylic acids is 1. The zero-order valence-corrected chi connectivity index (χ0v) is 8.43. The Balaban J connectivity index is 2.53. The van der Waals surface area contributed by atoms with Crippen LogP contribution in [-0.2, 0) is 0 Å². The van der Waals surface area contributed by atoms with Gasteiger partial charge in [-0.3, -0.25) is 4.98 Å². The third-order valence-corrected chi connectivity index (χ3v) is 1.79. The van der Waals surface area contributed by atoms with Gasteiger partial charge < -0.3 is 21.5 Å². The molecule has 0 aliphatic rings. The number of carbonyl (C=O) groups is 2. The maximum Gasteiger partial charge on any atom is 0.339 e. The maximum absolute atomic E-state index is 10.8. The Hall–Kier alpha value is -2.31. The number of urea groups is 1. The highest BCUT2D eigenvalue weighted by atomic mass is 16.4. The number of hydrogen-bond donors (Lipinski definition) is 4. The molecule has 0 aliphatic heterocycles. The topological polar surface area (TPSA) is 117 Å². The van der Waals surface area contributed by atoms with Crippen LogP contribution in [0.1, 0.15) is 10.4 Å². The minimum absolute atomic E-state index is 0.0848. The monoisotopic (exact) mass is 224 g/mol. The van der Waals surface area contributed by atoms with Crippen molar-refractivity contribution in [1.82, 2.24) is 10.3 Å². The quantitative estimate of drug-likeness (QED) is 0.519. The van der Waals surface area contributed by atoms with E-state index in [9.17, 15) is 9.59 Å². The van der Waals surface area contributed by atoms with Gasteiger partial charge in [0, 0.05) is 25.5 Å². The molecule has 0 bridgehead atoms. The molecule has 16 heavy (non-hydrogen) atoms. The average molecular weight is 224 g/mol. The SMILES string of the molecule is NC(=O)NCCNc1ccncc1C(=O)O. The Morgan fingerprint density at radius 2 is 2.19 bits per heavy atom. The molecule has 7 heteroatoms. The van der Waals surface area contributed by atoms with Crippen molar-refractivity contribution in [2.75, 3.05) is 18.4 Å². The number of carboxylic acid groups (broad SMARTS) is 1. The summed E-state index contributed by atoms with van der Waals surface area (Å²) in [6, 6.07) is 0.934. The van der Waals surface area contributed by atoms with Gasteiger partial charge in [0.2, 0.25) is 0 Å². The van der Waals surface area contributed by atoms with Crippen LogP contribution in [0.3, 0.4) is 0 Å². The standard InChI is InChI=1S/C9H12N4O3/c10-9(16)13-4-3-12-7-1-2-11-5-6(7)8(14)15/h1-2,5H,3-4H2,(H,11,12)(H,14,15)(H3,10,13,16). The van der Waals surface area contributed by atoms with Crippen molar-refractivity contribution in [2.45, 2.75) is 0 Å². The molecule has 0 unspecified atom stereocenters. The predicted molar refractivity (Wildman–Crippen MR) is 57.3 cm³/mol. The highest BCUT2D eigenvalue weighted by molar-refractivity contribution is 5.93. The largest absolute Gasteiger partial charge is 0.478 e. The first kappa shape index (κ1) is 11.8. The van der Waals surface area contributed by atoms with Crippen LogP contribution < -0.4 is 16.4 Å². The van der Waals surface area contributed by atoms with Crippen LogP contribution in [0.4, 0.5) is 10.5 Å². The summed E-state index contributed by atoms with van der Waals surface area (Å²) in [5, 5.41) is 14.1. The lowest BCUT2D eigenvalue weighted by atomic mass is 10.2. The van der Waals surface area contributed by atoms with E-state index < -0.39 is 12.0 Å². The van der Waals surface area contributed by atoms with Crippen LogP contribution >= 0.6 is 0 Å². The molecule has 1 heterocycles. The molecule has 1 aromatic rings. The molecule has 0 saturated carbocycles. The van der Waals surface area contributed by atoms with Crippen molar-refractivity contribution in [3.8, 4) is 0 Å². The Morgan fingerprint density at radius 3 is 2.81 bits per heavy atom. The fraction of sp³-hybridized carbons (Fsp3) is 0.222. The van der Waals surface area contributed by atoms with Gasteiger partial charge in [0.1, 0.15) is 5.56 Å². The molecule has 7 nitrogen and oxygen atoms in total. The highest BCUT2D eigenvalue weighted by Gasteiger charge is 2.08. The summed E-state index contributed by atoms with van der Waals surface area (Å²) in [5.74, 6) is -1.06. The van der Waals surface area contributed by atoms with Gasteiger partial charge in [-0.2, -0.15) is 0 Å². The van der Waals surface area contributed by atoms with Crippen molar-refractivity contribution in [3.05, 3.63) is 24.0 Å². The summed E-state index contributed by atoms with van der Waals surface area (Å²) in [7, 11) is 0. The fourth-order valence-corrected chi connectivity index (χ4v) is 1.10. The molecule has 5 N–H and O–H groups in total. The minimum atomic E-state index is -1.06. The maximum atomic E-state index is 10.8. The van der Waals surface area contributed by atoms with E-state index in [0.29, 0.717) is 18.8 Å². The molecule has 2 amide bonds. The second-order valence-electron chi connectivity index (χ2n) is 2.94. The van der Waals surface area contributed by atoms with Crippen LogP contribution in [0.2, 0.25) is 0 Å². The second kappa shape index (κ2) is 5.54. The lowest BCUT2D eigenvalue weighted by Crippen LogP contribution is -2.33. The number of rotatable bonds is 5. The molecule has 86 valence electrons. The minimum Gasteiger partial charge on any atom is -0.478 e. The molecule has 0 atom stereocenters. The smallest absolute Gasteiger partial charge is 0.339 e. The molecule has 1 aromatic heterocycles. The second-order valence-corrected chi connectivity index (χ2v) is 2.94. The number of nitrogens with zero attached hydrogens (tertiary/aromatic N) is 1. The lowest BCUT2D eigenvalue weighted by Gasteiger charge is -2.08. The van der Waals surface area contributed by atoms with Crippen LogP contribution in [0.5, 0.6) is 0 Å². The van der Waals surface area contributed by atoms with Gasteiger partial charge in [-0.15, -0.1) is 0 Å². The van der Waals surface area contributed by atoms with E-state index >= 15 is 0 Å². The van der Waals surface area contributed by atoms with Crippen molar-refractivity contribution >= 4 is 17.7 Å². The Bertz CT molecular complexity index is 394. The van der Waals surface area contributed by atoms with Crippen LogP contribution in [0.15, 0.2) is 18.5 Å². The van der Waals surface area contributed by atoms with Gasteiger partial charge in [-0.05, 0) is 6.07 Å². The van der Waals surface area contributed by atoms with E-state index in [1.807, 2.05) is 0 Å². The highest BCUT2D eigenvalue weighted by Crippen LogP contribution is 2.12. The first-order valence-corrected chi connectivity index (χ1v) is 4.55. The molecular formula is C9H12N4O3. The van der Waals surface area contributed by atoms with E-state index in [4.69, 9.17) is 10.8 Å². The first-order valence-electron chi connectivity index (χ1n) is 4.55. The Labute approximate surface area is 91.7 Å². The van der Waals surface area contributed by atoms with Gasteiger partial charge in [-0.1, -0.05) is 0 Å². The molecular weight excluding hydrogens is 212 g/mol. The van der Waals surface area contributed by atoms with Gasteiger partial charge in [0.15, 0.2) is 0 Å². The van der Waals surface area contributed by atoms with Crippen LogP contribution in [0.25, 0.3) is 0 Å². The van der Waals surface area contributed by atoms with E-state index in [-0.39, 0.29) is 5.56 Å². The van der Waals surface area contributed by atoms with E-state index in [0.717, 1.165) is 0 Å². The molecule has 0 spiro atoms. The number of carboxylic acids is 1. The third kappa shape index (κ3) is 3.45. The van der Waals surface area contributed by atoms with E-state index in [1.165, 1.54) is 12.4 Å². The Morgan fingerprint density at radius 1 is 1.44 bits per heavy atom. The van der Waals surface area contributed by atoms with Gasteiger partial charge in [-0.25, -0.2) is 9.59 Å². The molecule has 0 aromatic carbocycles. The first-order chi connectivity index (χ1) is 7.61. The number of hydrogen-bond acceptors (Lipinski definition) is 4. The van der Waals surface area contributed by atoms with Crippen molar-refractivity contribution in [1.29, 1.82) is 0 Å². The average Bonchev–Trinajstić information content (AvgIpc) is 2.24. The molecule has 0 aliphatic carbocycles. The molecule has 1 rings (SSSR count). The summed E-state index contributed by atoms with van der Waals surface area (Å²) < 4.78 is 0. The number of anilines is 1. The van der Waals surface area contributed by atoms with Crippen molar-refractivity contribution < 1.29 is 14.7 Å². The summed E-state index contributed by atoms with van der Waals surface area (Å²) in [5.41, 5.74) is 5.41. The van der Waals surface area contributed by atoms with E-state index in [2.05, 4.69) is 15.6 Å². The summed E-state index contributed by atoms with van der Waals surface area (Å²) in [6.45, 7) is 0.698.